The maximum Gasteiger partial charge on any atom is 0.230 e. The molecule has 1 fully saturated rings. The van der Waals surface area contributed by atoms with Gasteiger partial charge in [-0.25, -0.2) is 0 Å². The summed E-state index contributed by atoms with van der Waals surface area (Å²) in [5.74, 6) is 0.918. The number of amides is 1. The topological polar surface area (TPSA) is 38.3 Å². The summed E-state index contributed by atoms with van der Waals surface area (Å²) in [7, 11) is 1.65. The van der Waals surface area contributed by atoms with Gasteiger partial charge in [0.1, 0.15) is 5.75 Å². The van der Waals surface area contributed by atoms with Crippen molar-refractivity contribution in [2.75, 3.05) is 7.11 Å². The molecule has 1 aliphatic rings. The third-order valence-electron chi connectivity index (χ3n) is 4.14. The second kappa shape index (κ2) is 5.60. The summed E-state index contributed by atoms with van der Waals surface area (Å²) in [6.07, 6.45) is 1.85. The van der Waals surface area contributed by atoms with Gasteiger partial charge in [-0.3, -0.25) is 4.79 Å². The fourth-order valence-electron chi connectivity index (χ4n) is 2.72. The molecule has 1 amide bonds. The first kappa shape index (κ1) is 13.7. The maximum atomic E-state index is 12.5. The summed E-state index contributed by atoms with van der Waals surface area (Å²) >= 11 is 0. The summed E-state index contributed by atoms with van der Waals surface area (Å²) in [6.45, 7) is 0.497. The van der Waals surface area contributed by atoms with Crippen molar-refractivity contribution in [3.05, 3.63) is 65.7 Å². The van der Waals surface area contributed by atoms with Crippen molar-refractivity contribution in [3.8, 4) is 5.75 Å². The molecule has 0 aromatic heterocycles. The third-order valence-corrected chi connectivity index (χ3v) is 4.14. The number of rotatable bonds is 5. The Labute approximate surface area is 124 Å². The van der Waals surface area contributed by atoms with Gasteiger partial charge in [-0.05, 0) is 24.5 Å². The lowest BCUT2D eigenvalue weighted by Gasteiger charge is -2.16. The van der Waals surface area contributed by atoms with Crippen molar-refractivity contribution >= 4 is 5.91 Å². The first-order valence-electron chi connectivity index (χ1n) is 7.22. The lowest BCUT2D eigenvalue weighted by Crippen LogP contribution is -2.34. The highest BCUT2D eigenvalue weighted by molar-refractivity contribution is 5.91. The Bertz CT molecular complexity index is 633. The number of hydrogen-bond acceptors (Lipinski definition) is 2. The lowest BCUT2D eigenvalue weighted by molar-refractivity contribution is -0.123. The van der Waals surface area contributed by atoms with E-state index in [1.165, 1.54) is 0 Å². The molecular weight excluding hydrogens is 262 g/mol. The molecule has 0 radical (unpaired) electrons. The van der Waals surface area contributed by atoms with E-state index in [-0.39, 0.29) is 11.3 Å². The van der Waals surface area contributed by atoms with Crippen LogP contribution < -0.4 is 10.1 Å². The van der Waals surface area contributed by atoms with Gasteiger partial charge >= 0.3 is 0 Å². The number of nitrogens with one attached hydrogen (secondary N) is 1. The second-order valence-corrected chi connectivity index (χ2v) is 5.44. The van der Waals surface area contributed by atoms with Gasteiger partial charge in [0.05, 0.1) is 12.5 Å². The predicted octanol–water partition coefficient (Wildman–Crippen LogP) is 3.04. The van der Waals surface area contributed by atoms with E-state index in [0.717, 1.165) is 29.7 Å². The molecule has 3 heteroatoms. The number of carbonyl (C=O) groups is 1. The minimum atomic E-state index is -0.316. The zero-order valence-corrected chi connectivity index (χ0v) is 12.1. The summed E-state index contributed by atoms with van der Waals surface area (Å²) in [5.41, 5.74) is 1.79. The van der Waals surface area contributed by atoms with E-state index in [9.17, 15) is 4.79 Å². The van der Waals surface area contributed by atoms with Crippen molar-refractivity contribution < 1.29 is 9.53 Å². The Hall–Kier alpha value is -2.29. The van der Waals surface area contributed by atoms with Gasteiger partial charge in [0.15, 0.2) is 0 Å². The molecule has 1 aliphatic carbocycles. The van der Waals surface area contributed by atoms with Gasteiger partial charge in [-0.2, -0.15) is 0 Å². The van der Waals surface area contributed by atoms with E-state index in [2.05, 4.69) is 5.32 Å². The molecule has 0 spiro atoms. The van der Waals surface area contributed by atoms with Gasteiger partial charge in [-0.15, -0.1) is 0 Å². The molecule has 0 unspecified atom stereocenters. The Balaban J connectivity index is 1.70. The van der Waals surface area contributed by atoms with Crippen LogP contribution in [0.2, 0.25) is 0 Å². The van der Waals surface area contributed by atoms with Crippen LogP contribution in [0.25, 0.3) is 0 Å². The van der Waals surface area contributed by atoms with Gasteiger partial charge in [-0.1, -0.05) is 48.5 Å². The Kier molecular flexibility index (Phi) is 3.65. The first-order chi connectivity index (χ1) is 10.3. The van der Waals surface area contributed by atoms with Crippen LogP contribution >= 0.6 is 0 Å². The quantitative estimate of drug-likeness (QED) is 0.914. The molecule has 0 aliphatic heterocycles. The SMILES string of the molecule is COc1ccccc1CNC(=O)C1(c2ccccc2)CC1. The van der Waals surface area contributed by atoms with Gasteiger partial charge in [0.25, 0.3) is 0 Å². The van der Waals surface area contributed by atoms with Crippen LogP contribution in [0, 0.1) is 0 Å². The van der Waals surface area contributed by atoms with Gasteiger partial charge < -0.3 is 10.1 Å². The lowest BCUT2D eigenvalue weighted by atomic mass is 9.95. The molecule has 108 valence electrons. The Morgan fingerprint density at radius 3 is 2.43 bits per heavy atom. The second-order valence-electron chi connectivity index (χ2n) is 5.44. The highest BCUT2D eigenvalue weighted by atomic mass is 16.5. The first-order valence-corrected chi connectivity index (χ1v) is 7.22. The summed E-state index contributed by atoms with van der Waals surface area (Å²) < 4.78 is 5.31. The molecule has 2 aromatic rings. The third kappa shape index (κ3) is 2.64. The number of benzene rings is 2. The van der Waals surface area contributed by atoms with Crippen LogP contribution in [0.15, 0.2) is 54.6 Å². The average Bonchev–Trinajstić information content (AvgIpc) is 3.35. The Morgan fingerprint density at radius 1 is 1.10 bits per heavy atom. The van der Waals surface area contributed by atoms with E-state index in [0.29, 0.717) is 6.54 Å². The zero-order valence-electron chi connectivity index (χ0n) is 12.1. The monoisotopic (exact) mass is 281 g/mol. The molecule has 21 heavy (non-hydrogen) atoms. The largest absolute Gasteiger partial charge is 0.496 e. The summed E-state index contributed by atoms with van der Waals surface area (Å²) in [6, 6.07) is 17.8. The molecule has 2 aromatic carbocycles. The minimum absolute atomic E-state index is 0.111. The number of methoxy groups -OCH3 is 1. The van der Waals surface area contributed by atoms with Crippen LogP contribution in [0.3, 0.4) is 0 Å². The number of hydrogen-bond donors (Lipinski definition) is 1. The van der Waals surface area contributed by atoms with Crippen molar-refractivity contribution in [2.24, 2.45) is 0 Å². The minimum Gasteiger partial charge on any atom is -0.496 e. The zero-order chi connectivity index (χ0) is 14.7. The van der Waals surface area contributed by atoms with E-state index in [1.807, 2.05) is 54.6 Å². The summed E-state index contributed by atoms with van der Waals surface area (Å²) in [5, 5.41) is 3.06. The fraction of sp³-hybridized carbons (Fsp3) is 0.278. The number of ether oxygens (including phenoxy) is 1. The van der Waals surface area contributed by atoms with E-state index >= 15 is 0 Å². The van der Waals surface area contributed by atoms with Crippen LogP contribution in [0.5, 0.6) is 5.75 Å². The van der Waals surface area contributed by atoms with E-state index in [4.69, 9.17) is 4.74 Å². The van der Waals surface area contributed by atoms with E-state index < -0.39 is 0 Å². The summed E-state index contributed by atoms with van der Waals surface area (Å²) in [4.78, 5) is 12.5. The van der Waals surface area contributed by atoms with Crippen LogP contribution in [-0.4, -0.2) is 13.0 Å². The molecule has 3 nitrogen and oxygen atoms in total. The Morgan fingerprint density at radius 2 is 1.76 bits per heavy atom. The highest BCUT2D eigenvalue weighted by Crippen LogP contribution is 2.48. The standard InChI is InChI=1S/C18H19NO2/c1-21-16-10-6-5-7-14(16)13-19-17(20)18(11-12-18)15-8-3-2-4-9-15/h2-10H,11-13H2,1H3,(H,19,20). The fourth-order valence-corrected chi connectivity index (χ4v) is 2.72. The van der Waals surface area contributed by atoms with Crippen molar-refractivity contribution in [3.63, 3.8) is 0 Å². The number of carbonyl (C=O) groups excluding carboxylic acids is 1. The molecule has 0 bridgehead atoms. The molecule has 0 atom stereocenters. The van der Waals surface area contributed by atoms with Crippen molar-refractivity contribution in [2.45, 2.75) is 24.8 Å². The molecule has 3 rings (SSSR count). The molecular formula is C18H19NO2. The number of para-hydroxylation sites is 1. The average molecular weight is 281 g/mol. The predicted molar refractivity (Wildman–Crippen MR) is 82.2 cm³/mol. The van der Waals surface area contributed by atoms with Crippen LogP contribution in [0.1, 0.15) is 24.0 Å². The van der Waals surface area contributed by atoms with Crippen LogP contribution in [-0.2, 0) is 16.8 Å². The maximum absolute atomic E-state index is 12.5. The highest BCUT2D eigenvalue weighted by Gasteiger charge is 2.50. The van der Waals surface area contributed by atoms with Crippen molar-refractivity contribution in [1.29, 1.82) is 0 Å². The molecule has 1 saturated carbocycles. The molecule has 0 saturated heterocycles. The molecule has 1 N–H and O–H groups in total. The molecule has 0 heterocycles. The van der Waals surface area contributed by atoms with Crippen molar-refractivity contribution in [1.82, 2.24) is 5.32 Å². The normalized spacial score (nSPS) is 15.3. The van der Waals surface area contributed by atoms with Gasteiger partial charge in [0.2, 0.25) is 5.91 Å². The van der Waals surface area contributed by atoms with Crippen LogP contribution in [0.4, 0.5) is 0 Å². The van der Waals surface area contributed by atoms with Gasteiger partial charge in [0, 0.05) is 12.1 Å². The van der Waals surface area contributed by atoms with E-state index in [1.54, 1.807) is 7.11 Å². The smallest absolute Gasteiger partial charge is 0.230 e.